The van der Waals surface area contributed by atoms with Gasteiger partial charge in [-0.1, -0.05) is 0 Å². The van der Waals surface area contributed by atoms with E-state index in [-0.39, 0.29) is 11.8 Å². The Balaban J connectivity index is 0.000000492. The summed E-state index contributed by atoms with van der Waals surface area (Å²) in [5, 5.41) is 8.86. The normalized spacial score (nSPS) is 9.22. The Hall–Kier alpha value is -2.73. The van der Waals surface area contributed by atoms with Crippen molar-refractivity contribution in [3.63, 3.8) is 0 Å². The molecule has 0 radical (unpaired) electrons. The predicted octanol–water partition coefficient (Wildman–Crippen LogP) is -0.0647. The number of imidazole rings is 2. The minimum absolute atomic E-state index is 0.146. The fraction of sp³-hybridized carbons (Fsp3) is 0.200. The van der Waals surface area contributed by atoms with Gasteiger partial charge in [0.15, 0.2) is 11.6 Å². The summed E-state index contributed by atoms with van der Waals surface area (Å²) >= 11 is 0. The van der Waals surface area contributed by atoms with Gasteiger partial charge in [0.1, 0.15) is 5.69 Å². The minimum atomic E-state index is -0.995. The molecule has 0 amide bonds. The molecule has 0 aromatic carbocycles. The van der Waals surface area contributed by atoms with Crippen molar-refractivity contribution < 1.29 is 19.5 Å². The fourth-order valence-electron chi connectivity index (χ4n) is 1.40. The lowest BCUT2D eigenvalue weighted by atomic mass is 10.5. The average Bonchev–Trinajstić information content (AvgIpc) is 2.85. The van der Waals surface area contributed by atoms with Gasteiger partial charge in [-0.2, -0.15) is 9.59 Å². The number of nitrogens with zero attached hydrogens (tertiary/aromatic N) is 4. The van der Waals surface area contributed by atoms with E-state index in [1.807, 2.05) is 7.05 Å². The molecule has 0 unspecified atom stereocenters. The van der Waals surface area contributed by atoms with Crippen molar-refractivity contribution >= 4 is 12.1 Å². The van der Waals surface area contributed by atoms with Gasteiger partial charge >= 0.3 is 12.1 Å². The summed E-state index contributed by atoms with van der Waals surface area (Å²) in [6, 6.07) is 0. The zero-order chi connectivity index (χ0) is 13.7. The number of carbonyl (C=O) groups is 1. The molecule has 1 N–H and O–H groups in total. The van der Waals surface area contributed by atoms with Crippen molar-refractivity contribution in [3.05, 3.63) is 24.3 Å². The van der Waals surface area contributed by atoms with Gasteiger partial charge in [-0.3, -0.25) is 0 Å². The second-order valence-electron chi connectivity index (χ2n) is 3.28. The van der Waals surface area contributed by atoms with Gasteiger partial charge < -0.3 is 14.2 Å². The summed E-state index contributed by atoms with van der Waals surface area (Å²) in [5.41, 5.74) is 0.146. The van der Waals surface area contributed by atoms with E-state index in [1.54, 1.807) is 24.0 Å². The first-order valence-electron chi connectivity index (χ1n) is 4.75. The molecule has 0 aliphatic heterocycles. The Bertz CT molecular complexity index is 593. The summed E-state index contributed by atoms with van der Waals surface area (Å²) < 4.78 is 3.29. The van der Waals surface area contributed by atoms with E-state index in [0.29, 0.717) is 11.6 Å². The average molecular weight is 250 g/mol. The van der Waals surface area contributed by atoms with E-state index in [0.717, 1.165) is 0 Å². The Morgan fingerprint density at radius 2 is 1.89 bits per heavy atom. The number of carboxylic acid groups (broad SMARTS) is 1. The van der Waals surface area contributed by atoms with Crippen LogP contribution >= 0.6 is 0 Å². The number of carboxylic acids is 1. The molecule has 18 heavy (non-hydrogen) atoms. The maximum absolute atomic E-state index is 10.8. The number of aryl methyl sites for hydroxylation is 1. The highest BCUT2D eigenvalue weighted by atomic mass is 16.4. The van der Waals surface area contributed by atoms with Crippen LogP contribution in [0.4, 0.5) is 0 Å². The quantitative estimate of drug-likeness (QED) is 0.799. The monoisotopic (exact) mass is 250 g/mol. The van der Waals surface area contributed by atoms with Gasteiger partial charge in [0.05, 0.1) is 6.20 Å². The topological polar surface area (TPSA) is 107 Å². The molecule has 0 aliphatic rings. The summed E-state index contributed by atoms with van der Waals surface area (Å²) in [7, 11) is 3.48. The minimum Gasteiger partial charge on any atom is -0.477 e. The van der Waals surface area contributed by atoms with Crippen LogP contribution < -0.4 is 0 Å². The Kier molecular flexibility index (Phi) is 4.11. The highest BCUT2D eigenvalue weighted by molar-refractivity contribution is 5.86. The van der Waals surface area contributed by atoms with Gasteiger partial charge in [-0.05, 0) is 0 Å². The van der Waals surface area contributed by atoms with Gasteiger partial charge in [0.2, 0.25) is 0 Å². The lowest BCUT2D eigenvalue weighted by Gasteiger charge is -2.02. The first-order valence-corrected chi connectivity index (χ1v) is 4.75. The van der Waals surface area contributed by atoms with E-state index in [4.69, 9.17) is 14.7 Å². The third-order valence-electron chi connectivity index (χ3n) is 2.23. The second kappa shape index (κ2) is 5.55. The zero-order valence-corrected chi connectivity index (χ0v) is 9.69. The van der Waals surface area contributed by atoms with E-state index in [2.05, 4.69) is 9.97 Å². The molecule has 0 saturated carbocycles. The number of aromatic nitrogens is 4. The highest BCUT2D eigenvalue weighted by Crippen LogP contribution is 2.15. The molecule has 94 valence electrons. The smallest absolute Gasteiger partial charge is 0.373 e. The van der Waals surface area contributed by atoms with Gasteiger partial charge in [0.25, 0.3) is 0 Å². The number of aromatic carboxylic acids is 1. The third kappa shape index (κ3) is 2.50. The maximum atomic E-state index is 10.8. The molecule has 8 nitrogen and oxygen atoms in total. The molecule has 0 atom stereocenters. The van der Waals surface area contributed by atoms with Crippen LogP contribution in [0.1, 0.15) is 10.5 Å². The SMILES string of the molecule is Cn1ccnc1-c1ncc(C(=O)O)n1C.O=C=O. The molecule has 0 saturated heterocycles. The van der Waals surface area contributed by atoms with Crippen LogP contribution in [0.15, 0.2) is 18.6 Å². The fourth-order valence-corrected chi connectivity index (χ4v) is 1.40. The lowest BCUT2D eigenvalue weighted by molar-refractivity contribution is -0.191. The first-order chi connectivity index (χ1) is 8.52. The molecular formula is C10H10N4O4. The van der Waals surface area contributed by atoms with Crippen LogP contribution in [0.5, 0.6) is 0 Å². The van der Waals surface area contributed by atoms with Gasteiger partial charge in [0, 0.05) is 26.5 Å². The van der Waals surface area contributed by atoms with Crippen molar-refractivity contribution in [2.24, 2.45) is 14.1 Å². The van der Waals surface area contributed by atoms with Crippen molar-refractivity contribution in [3.8, 4) is 11.6 Å². The van der Waals surface area contributed by atoms with Crippen LogP contribution in [-0.4, -0.2) is 36.3 Å². The maximum Gasteiger partial charge on any atom is 0.373 e. The Morgan fingerprint density at radius 3 is 2.28 bits per heavy atom. The van der Waals surface area contributed by atoms with Crippen molar-refractivity contribution in [1.29, 1.82) is 0 Å². The van der Waals surface area contributed by atoms with E-state index >= 15 is 0 Å². The zero-order valence-electron chi connectivity index (χ0n) is 9.69. The summed E-state index contributed by atoms with van der Waals surface area (Å²) in [4.78, 5) is 35.2. The number of hydrogen-bond acceptors (Lipinski definition) is 5. The summed E-state index contributed by atoms with van der Waals surface area (Å²) in [6.07, 6.45) is 5.00. The molecule has 2 heterocycles. The van der Waals surface area contributed by atoms with Crippen LogP contribution in [-0.2, 0) is 23.7 Å². The van der Waals surface area contributed by atoms with Gasteiger partial charge in [-0.25, -0.2) is 14.8 Å². The molecular weight excluding hydrogens is 240 g/mol. The highest BCUT2D eigenvalue weighted by Gasteiger charge is 2.15. The second-order valence-corrected chi connectivity index (χ2v) is 3.28. The summed E-state index contributed by atoms with van der Waals surface area (Å²) in [6.45, 7) is 0. The Labute approximate surface area is 102 Å². The number of carbonyl (C=O) groups excluding carboxylic acids is 2. The predicted molar refractivity (Wildman–Crippen MR) is 57.4 cm³/mol. The molecule has 2 rings (SSSR count). The van der Waals surface area contributed by atoms with Crippen molar-refractivity contribution in [2.75, 3.05) is 0 Å². The molecule has 0 fully saturated rings. The Morgan fingerprint density at radius 1 is 1.28 bits per heavy atom. The lowest BCUT2D eigenvalue weighted by Crippen LogP contribution is -2.06. The molecule has 0 spiro atoms. The number of hydrogen-bond donors (Lipinski definition) is 1. The largest absolute Gasteiger partial charge is 0.477 e. The number of rotatable bonds is 2. The van der Waals surface area contributed by atoms with Crippen molar-refractivity contribution in [2.45, 2.75) is 0 Å². The first kappa shape index (κ1) is 13.3. The standard InChI is InChI=1S/C9H10N4O2.CO2/c1-12-4-3-10-7(12)8-11-5-6(9(14)15)13(8)2;2-1-3/h3-5H,1-2H3,(H,14,15);. The van der Waals surface area contributed by atoms with Crippen LogP contribution in [0.25, 0.3) is 11.6 Å². The van der Waals surface area contributed by atoms with E-state index < -0.39 is 5.97 Å². The van der Waals surface area contributed by atoms with Crippen LogP contribution in [0.3, 0.4) is 0 Å². The third-order valence-corrected chi connectivity index (χ3v) is 2.23. The summed E-state index contributed by atoms with van der Waals surface area (Å²) in [5.74, 6) is 0.190. The van der Waals surface area contributed by atoms with Crippen LogP contribution in [0.2, 0.25) is 0 Å². The van der Waals surface area contributed by atoms with Crippen LogP contribution in [0, 0.1) is 0 Å². The molecule has 0 aliphatic carbocycles. The van der Waals surface area contributed by atoms with E-state index in [1.165, 1.54) is 10.8 Å². The molecule has 2 aromatic rings. The van der Waals surface area contributed by atoms with Gasteiger partial charge in [-0.15, -0.1) is 0 Å². The van der Waals surface area contributed by atoms with Crippen molar-refractivity contribution in [1.82, 2.24) is 19.1 Å². The molecule has 0 bridgehead atoms. The molecule has 8 heteroatoms. The van der Waals surface area contributed by atoms with E-state index in [9.17, 15) is 4.79 Å². The molecule has 2 aromatic heterocycles.